The minimum absolute atomic E-state index is 0.258. The van der Waals surface area contributed by atoms with Crippen LogP contribution in [0.5, 0.6) is 0 Å². The Morgan fingerprint density at radius 3 is 2.64 bits per heavy atom. The second-order valence-corrected chi connectivity index (χ2v) is 7.15. The predicted octanol–water partition coefficient (Wildman–Crippen LogP) is 3.24. The van der Waals surface area contributed by atoms with Crippen molar-refractivity contribution in [2.24, 2.45) is 0 Å². The molecule has 0 aliphatic rings. The Bertz CT molecular complexity index is 870. The number of esters is 1. The highest BCUT2D eigenvalue weighted by molar-refractivity contribution is 7.99. The first-order chi connectivity index (χ1) is 13.4. The maximum absolute atomic E-state index is 12.4. The summed E-state index contributed by atoms with van der Waals surface area (Å²) in [5.74, 6) is -1.38. The molecule has 1 heterocycles. The van der Waals surface area contributed by atoms with E-state index >= 15 is 0 Å². The van der Waals surface area contributed by atoms with Crippen LogP contribution < -0.4 is 10.6 Å². The normalized spacial score (nSPS) is 10.2. The van der Waals surface area contributed by atoms with Gasteiger partial charge in [0.1, 0.15) is 5.03 Å². The zero-order chi connectivity index (χ0) is 20.5. The molecule has 0 saturated carbocycles. The number of rotatable bonds is 7. The molecule has 0 aliphatic heterocycles. The molecule has 1 aromatic carbocycles. The van der Waals surface area contributed by atoms with E-state index < -0.39 is 24.5 Å². The fourth-order valence-electron chi connectivity index (χ4n) is 2.17. The largest absolute Gasteiger partial charge is 0.452 e. The molecule has 0 fully saturated rings. The highest BCUT2D eigenvalue weighted by Crippen LogP contribution is 2.30. The lowest BCUT2D eigenvalue weighted by Crippen LogP contribution is -2.41. The third kappa shape index (κ3) is 6.38. The first-order valence-corrected chi connectivity index (χ1v) is 9.67. The van der Waals surface area contributed by atoms with Crippen molar-refractivity contribution in [3.8, 4) is 0 Å². The average Bonchev–Trinajstić information content (AvgIpc) is 2.67. The van der Waals surface area contributed by atoms with Gasteiger partial charge < -0.3 is 10.1 Å². The molecule has 28 heavy (non-hydrogen) atoms. The molecule has 0 aliphatic carbocycles. The van der Waals surface area contributed by atoms with E-state index in [1.165, 1.54) is 17.3 Å². The van der Waals surface area contributed by atoms with E-state index in [9.17, 15) is 14.4 Å². The summed E-state index contributed by atoms with van der Waals surface area (Å²) < 4.78 is 5.03. The van der Waals surface area contributed by atoms with Crippen LogP contribution in [0.1, 0.15) is 34.8 Å². The van der Waals surface area contributed by atoms with E-state index in [1.54, 1.807) is 18.3 Å². The fraction of sp³-hybridized carbons (Fsp3) is 0.300. The first kappa shape index (κ1) is 21.4. The summed E-state index contributed by atoms with van der Waals surface area (Å²) in [6.07, 6.45) is 2.34. The zero-order valence-corrected chi connectivity index (χ0v) is 16.9. The Hall–Kier alpha value is -2.87. The van der Waals surface area contributed by atoms with Crippen LogP contribution >= 0.6 is 11.8 Å². The molecule has 2 aromatic rings. The molecular weight excluding hydrogens is 378 g/mol. The molecule has 0 spiro atoms. The predicted molar refractivity (Wildman–Crippen MR) is 106 cm³/mol. The summed E-state index contributed by atoms with van der Waals surface area (Å²) in [6.45, 7) is 5.84. The van der Waals surface area contributed by atoms with Crippen molar-refractivity contribution in [1.82, 2.24) is 15.6 Å². The summed E-state index contributed by atoms with van der Waals surface area (Å²) >= 11 is 1.34. The lowest BCUT2D eigenvalue weighted by atomic mass is 10.1. The minimum Gasteiger partial charge on any atom is -0.452 e. The number of urea groups is 1. The highest BCUT2D eigenvalue weighted by atomic mass is 32.2. The Kier molecular flexibility index (Phi) is 8.01. The van der Waals surface area contributed by atoms with Crippen molar-refractivity contribution < 1.29 is 19.1 Å². The van der Waals surface area contributed by atoms with Crippen LogP contribution in [-0.2, 0) is 9.53 Å². The second kappa shape index (κ2) is 10.5. The van der Waals surface area contributed by atoms with Gasteiger partial charge in [-0.15, -0.1) is 0 Å². The summed E-state index contributed by atoms with van der Waals surface area (Å²) in [6, 6.07) is 8.58. The molecule has 0 saturated heterocycles. The summed E-state index contributed by atoms with van der Waals surface area (Å²) in [4.78, 5) is 40.7. The number of aryl methyl sites for hydroxylation is 2. The van der Waals surface area contributed by atoms with Gasteiger partial charge in [0, 0.05) is 17.6 Å². The molecule has 0 bridgehead atoms. The first-order valence-electron chi connectivity index (χ1n) is 8.85. The van der Waals surface area contributed by atoms with E-state index in [0.717, 1.165) is 16.9 Å². The van der Waals surface area contributed by atoms with Gasteiger partial charge in [-0.1, -0.05) is 24.8 Å². The summed E-state index contributed by atoms with van der Waals surface area (Å²) in [7, 11) is 0. The number of pyridine rings is 1. The maximum atomic E-state index is 12.4. The van der Waals surface area contributed by atoms with Crippen molar-refractivity contribution in [2.45, 2.75) is 37.1 Å². The number of ether oxygens (including phenoxy) is 1. The Labute approximate surface area is 168 Å². The number of carbonyl (C=O) groups is 3. The van der Waals surface area contributed by atoms with E-state index in [4.69, 9.17) is 4.74 Å². The van der Waals surface area contributed by atoms with Crippen LogP contribution in [0, 0.1) is 13.8 Å². The van der Waals surface area contributed by atoms with Crippen molar-refractivity contribution >= 4 is 29.7 Å². The van der Waals surface area contributed by atoms with Gasteiger partial charge in [-0.3, -0.25) is 10.1 Å². The number of carbonyl (C=O) groups excluding carboxylic acids is 3. The molecule has 3 amide bonds. The van der Waals surface area contributed by atoms with E-state index in [2.05, 4.69) is 15.6 Å². The number of aromatic nitrogens is 1. The third-order valence-corrected chi connectivity index (χ3v) is 4.82. The second-order valence-electron chi connectivity index (χ2n) is 6.08. The lowest BCUT2D eigenvalue weighted by molar-refractivity contribution is -0.123. The molecule has 148 valence electrons. The SMILES string of the molecule is CCCNC(=O)NC(=O)COC(=O)c1cccnc1Sc1ccc(C)c(C)c1. The van der Waals surface area contributed by atoms with Crippen LogP contribution in [-0.4, -0.2) is 36.0 Å². The number of nitrogens with one attached hydrogen (secondary N) is 2. The molecule has 1 aromatic heterocycles. The molecule has 2 rings (SSSR count). The Morgan fingerprint density at radius 2 is 1.93 bits per heavy atom. The summed E-state index contributed by atoms with van der Waals surface area (Å²) in [5, 5.41) is 5.09. The minimum atomic E-state index is -0.700. The monoisotopic (exact) mass is 401 g/mol. The molecule has 8 heteroatoms. The van der Waals surface area contributed by atoms with Crippen LogP contribution in [0.15, 0.2) is 46.5 Å². The highest BCUT2D eigenvalue weighted by Gasteiger charge is 2.17. The van der Waals surface area contributed by atoms with E-state index in [1.807, 2.05) is 39.0 Å². The topological polar surface area (TPSA) is 97.4 Å². The third-order valence-electron chi connectivity index (χ3n) is 3.81. The van der Waals surface area contributed by atoms with Crippen LogP contribution in [0.3, 0.4) is 0 Å². The molecular formula is C20H23N3O4S. The quantitative estimate of drug-likeness (QED) is 0.691. The summed E-state index contributed by atoms with van der Waals surface area (Å²) in [5.41, 5.74) is 2.58. The zero-order valence-electron chi connectivity index (χ0n) is 16.1. The van der Waals surface area contributed by atoms with E-state index in [0.29, 0.717) is 11.6 Å². The number of amides is 3. The molecule has 0 atom stereocenters. The van der Waals surface area contributed by atoms with Gasteiger partial charge in [0.15, 0.2) is 6.61 Å². The number of hydrogen-bond donors (Lipinski definition) is 2. The number of hydrogen-bond acceptors (Lipinski definition) is 6. The number of imide groups is 1. The van der Waals surface area contributed by atoms with Gasteiger partial charge in [-0.05, 0) is 55.7 Å². The standard InChI is InChI=1S/C20H23N3O4S/c1-4-9-22-20(26)23-17(24)12-27-19(25)16-6-5-10-21-18(16)28-15-8-7-13(2)14(3)11-15/h5-8,10-11H,4,9,12H2,1-3H3,(H2,22,23,24,26). The number of nitrogens with zero attached hydrogens (tertiary/aromatic N) is 1. The van der Waals surface area contributed by atoms with Gasteiger partial charge in [-0.25, -0.2) is 14.6 Å². The van der Waals surface area contributed by atoms with Crippen LogP contribution in [0.4, 0.5) is 4.79 Å². The molecule has 0 radical (unpaired) electrons. The molecule has 0 unspecified atom stereocenters. The van der Waals surface area contributed by atoms with Gasteiger partial charge >= 0.3 is 12.0 Å². The lowest BCUT2D eigenvalue weighted by Gasteiger charge is -2.10. The van der Waals surface area contributed by atoms with Gasteiger partial charge in [-0.2, -0.15) is 0 Å². The Balaban J connectivity index is 1.99. The van der Waals surface area contributed by atoms with Crippen molar-refractivity contribution in [3.63, 3.8) is 0 Å². The fourth-order valence-corrected chi connectivity index (χ4v) is 3.14. The van der Waals surface area contributed by atoms with Crippen molar-refractivity contribution in [3.05, 3.63) is 53.2 Å². The maximum Gasteiger partial charge on any atom is 0.341 e. The van der Waals surface area contributed by atoms with Gasteiger partial charge in [0.2, 0.25) is 0 Å². The number of benzene rings is 1. The molecule has 7 nitrogen and oxygen atoms in total. The van der Waals surface area contributed by atoms with Crippen molar-refractivity contribution in [1.29, 1.82) is 0 Å². The Morgan fingerprint density at radius 1 is 1.14 bits per heavy atom. The smallest absolute Gasteiger partial charge is 0.341 e. The van der Waals surface area contributed by atoms with Gasteiger partial charge in [0.05, 0.1) is 5.56 Å². The van der Waals surface area contributed by atoms with E-state index in [-0.39, 0.29) is 5.56 Å². The van der Waals surface area contributed by atoms with Gasteiger partial charge in [0.25, 0.3) is 5.91 Å². The van der Waals surface area contributed by atoms with Crippen molar-refractivity contribution in [2.75, 3.05) is 13.2 Å². The van der Waals surface area contributed by atoms with Crippen LogP contribution in [0.2, 0.25) is 0 Å². The molecule has 2 N–H and O–H groups in total. The average molecular weight is 401 g/mol. The van der Waals surface area contributed by atoms with Crippen LogP contribution in [0.25, 0.3) is 0 Å².